The van der Waals surface area contributed by atoms with E-state index in [2.05, 4.69) is 23.3 Å². The molecule has 3 nitrogen and oxygen atoms in total. The number of hydrogen-bond acceptors (Lipinski definition) is 3. The number of nitriles is 1. The van der Waals surface area contributed by atoms with E-state index in [1.54, 1.807) is 0 Å². The molecule has 0 saturated heterocycles. The molecule has 2 fully saturated rings. The van der Waals surface area contributed by atoms with Crippen LogP contribution in [0.2, 0.25) is 0 Å². The lowest BCUT2D eigenvalue weighted by Crippen LogP contribution is -2.53. The van der Waals surface area contributed by atoms with Crippen molar-refractivity contribution >= 4 is 0 Å². The van der Waals surface area contributed by atoms with Gasteiger partial charge in [0.05, 0.1) is 6.07 Å². The zero-order chi connectivity index (χ0) is 13.0. The molecule has 2 aliphatic rings. The van der Waals surface area contributed by atoms with Crippen LogP contribution in [0.3, 0.4) is 0 Å². The quantitative estimate of drug-likeness (QED) is 0.836. The molecule has 1 N–H and O–H groups in total. The molecule has 0 bridgehead atoms. The molecule has 2 rings (SSSR count). The van der Waals surface area contributed by atoms with Crippen LogP contribution in [0.25, 0.3) is 0 Å². The first-order valence-corrected chi connectivity index (χ1v) is 7.53. The Morgan fingerprint density at radius 3 is 2.39 bits per heavy atom. The van der Waals surface area contributed by atoms with Crippen LogP contribution in [-0.2, 0) is 0 Å². The first-order valence-electron chi connectivity index (χ1n) is 7.53. The minimum absolute atomic E-state index is 0.272. The average Bonchev–Trinajstić information content (AvgIpc) is 2.47. The summed E-state index contributed by atoms with van der Waals surface area (Å²) in [4.78, 5) is 2.59. The summed E-state index contributed by atoms with van der Waals surface area (Å²) in [6, 6.07) is 3.87. The lowest BCUT2D eigenvalue weighted by molar-refractivity contribution is 0.0883. The smallest absolute Gasteiger partial charge is 0.108 e. The van der Waals surface area contributed by atoms with Crippen molar-refractivity contribution in [3.8, 4) is 6.07 Å². The molecule has 0 aromatic carbocycles. The van der Waals surface area contributed by atoms with E-state index < -0.39 is 0 Å². The van der Waals surface area contributed by atoms with Crippen molar-refractivity contribution in [1.29, 1.82) is 5.26 Å². The van der Waals surface area contributed by atoms with Gasteiger partial charge in [-0.3, -0.25) is 0 Å². The SMILES string of the molecule is CNC1(C#N)CCCC(N(C)C2CCCCC2)C1. The summed E-state index contributed by atoms with van der Waals surface area (Å²) in [7, 11) is 4.22. The van der Waals surface area contributed by atoms with Crippen LogP contribution in [-0.4, -0.2) is 36.6 Å². The van der Waals surface area contributed by atoms with Crippen molar-refractivity contribution < 1.29 is 0 Å². The molecular weight excluding hydrogens is 222 g/mol. The zero-order valence-corrected chi connectivity index (χ0v) is 11.9. The minimum atomic E-state index is -0.272. The van der Waals surface area contributed by atoms with Gasteiger partial charge in [-0.05, 0) is 52.6 Å². The molecule has 2 aliphatic carbocycles. The molecule has 0 aromatic heterocycles. The predicted octanol–water partition coefficient (Wildman–Crippen LogP) is 2.68. The van der Waals surface area contributed by atoms with Gasteiger partial charge in [0.25, 0.3) is 0 Å². The fraction of sp³-hybridized carbons (Fsp3) is 0.933. The van der Waals surface area contributed by atoms with Crippen molar-refractivity contribution in [2.75, 3.05) is 14.1 Å². The van der Waals surface area contributed by atoms with E-state index in [1.165, 1.54) is 44.9 Å². The Balaban J connectivity index is 1.97. The van der Waals surface area contributed by atoms with Crippen molar-refractivity contribution in [3.05, 3.63) is 0 Å². The van der Waals surface area contributed by atoms with Gasteiger partial charge in [0.2, 0.25) is 0 Å². The van der Waals surface area contributed by atoms with Crippen LogP contribution >= 0.6 is 0 Å². The Morgan fingerprint density at radius 1 is 1.11 bits per heavy atom. The molecule has 0 radical (unpaired) electrons. The number of nitrogens with zero attached hydrogens (tertiary/aromatic N) is 2. The highest BCUT2D eigenvalue weighted by Crippen LogP contribution is 2.33. The first-order chi connectivity index (χ1) is 8.71. The number of hydrogen-bond donors (Lipinski definition) is 1. The number of nitrogens with one attached hydrogen (secondary N) is 1. The van der Waals surface area contributed by atoms with Crippen LogP contribution in [0, 0.1) is 11.3 Å². The topological polar surface area (TPSA) is 39.1 Å². The molecular formula is C15H27N3. The molecule has 0 aromatic rings. The number of rotatable bonds is 3. The highest BCUT2D eigenvalue weighted by Gasteiger charge is 2.38. The molecule has 0 heterocycles. The summed E-state index contributed by atoms with van der Waals surface area (Å²) in [5.74, 6) is 0. The van der Waals surface area contributed by atoms with Crippen LogP contribution in [0.1, 0.15) is 57.8 Å². The second-order valence-electron chi connectivity index (χ2n) is 6.15. The highest BCUT2D eigenvalue weighted by molar-refractivity contribution is 5.10. The normalized spacial score (nSPS) is 34.4. The molecule has 0 aliphatic heterocycles. The van der Waals surface area contributed by atoms with Gasteiger partial charge >= 0.3 is 0 Å². The van der Waals surface area contributed by atoms with Gasteiger partial charge in [-0.15, -0.1) is 0 Å². The lowest BCUT2D eigenvalue weighted by atomic mass is 9.78. The Kier molecular flexibility index (Phi) is 4.64. The van der Waals surface area contributed by atoms with Gasteiger partial charge in [0.15, 0.2) is 0 Å². The van der Waals surface area contributed by atoms with Crippen molar-refractivity contribution in [3.63, 3.8) is 0 Å². The second-order valence-corrected chi connectivity index (χ2v) is 6.15. The third kappa shape index (κ3) is 2.87. The maximum Gasteiger partial charge on any atom is 0.108 e. The maximum atomic E-state index is 9.42. The van der Waals surface area contributed by atoms with E-state index in [4.69, 9.17) is 0 Å². The largest absolute Gasteiger partial charge is 0.302 e. The van der Waals surface area contributed by atoms with Gasteiger partial charge < -0.3 is 10.2 Å². The summed E-state index contributed by atoms with van der Waals surface area (Å²) in [6.45, 7) is 0. The zero-order valence-electron chi connectivity index (χ0n) is 11.9. The third-order valence-electron chi connectivity index (χ3n) is 5.14. The van der Waals surface area contributed by atoms with Gasteiger partial charge in [-0.1, -0.05) is 19.3 Å². The Bertz CT molecular complexity index is 303. The van der Waals surface area contributed by atoms with Crippen LogP contribution in [0.15, 0.2) is 0 Å². The monoisotopic (exact) mass is 249 g/mol. The van der Waals surface area contributed by atoms with E-state index in [0.29, 0.717) is 6.04 Å². The van der Waals surface area contributed by atoms with Crippen molar-refractivity contribution in [2.24, 2.45) is 0 Å². The van der Waals surface area contributed by atoms with E-state index in [-0.39, 0.29) is 5.54 Å². The van der Waals surface area contributed by atoms with E-state index in [9.17, 15) is 5.26 Å². The molecule has 3 heteroatoms. The Labute approximate surface area is 112 Å². The summed E-state index contributed by atoms with van der Waals surface area (Å²) in [5, 5.41) is 12.7. The summed E-state index contributed by atoms with van der Waals surface area (Å²) >= 11 is 0. The molecule has 2 saturated carbocycles. The van der Waals surface area contributed by atoms with Gasteiger partial charge in [0.1, 0.15) is 5.54 Å². The molecule has 0 spiro atoms. The van der Waals surface area contributed by atoms with Gasteiger partial charge in [-0.25, -0.2) is 0 Å². The molecule has 18 heavy (non-hydrogen) atoms. The highest BCUT2D eigenvalue weighted by atomic mass is 15.2. The van der Waals surface area contributed by atoms with Gasteiger partial charge in [0, 0.05) is 12.1 Å². The summed E-state index contributed by atoms with van der Waals surface area (Å²) in [6.07, 6.45) is 11.3. The van der Waals surface area contributed by atoms with E-state index in [0.717, 1.165) is 18.9 Å². The Morgan fingerprint density at radius 2 is 1.78 bits per heavy atom. The van der Waals surface area contributed by atoms with Crippen molar-refractivity contribution in [1.82, 2.24) is 10.2 Å². The predicted molar refractivity (Wildman–Crippen MR) is 74.3 cm³/mol. The fourth-order valence-corrected chi connectivity index (χ4v) is 3.76. The second kappa shape index (κ2) is 6.04. The average molecular weight is 249 g/mol. The molecule has 102 valence electrons. The summed E-state index contributed by atoms with van der Waals surface area (Å²) in [5.41, 5.74) is -0.272. The summed E-state index contributed by atoms with van der Waals surface area (Å²) < 4.78 is 0. The van der Waals surface area contributed by atoms with Gasteiger partial charge in [-0.2, -0.15) is 5.26 Å². The standard InChI is InChI=1S/C15H27N3/c1-17-15(12-16)10-6-9-14(11-15)18(2)13-7-4-3-5-8-13/h13-14,17H,3-11H2,1-2H3. The maximum absolute atomic E-state index is 9.42. The first kappa shape index (κ1) is 13.8. The van der Waals surface area contributed by atoms with Crippen molar-refractivity contribution in [2.45, 2.75) is 75.4 Å². The lowest BCUT2D eigenvalue weighted by Gasteiger charge is -2.43. The van der Waals surface area contributed by atoms with E-state index in [1.807, 2.05) is 7.05 Å². The minimum Gasteiger partial charge on any atom is -0.302 e. The third-order valence-corrected chi connectivity index (χ3v) is 5.14. The molecule has 2 unspecified atom stereocenters. The molecule has 0 amide bonds. The van der Waals surface area contributed by atoms with Crippen LogP contribution < -0.4 is 5.32 Å². The Hall–Kier alpha value is -0.590. The fourth-order valence-electron chi connectivity index (χ4n) is 3.76. The van der Waals surface area contributed by atoms with Crippen LogP contribution in [0.5, 0.6) is 0 Å². The van der Waals surface area contributed by atoms with Crippen LogP contribution in [0.4, 0.5) is 0 Å². The van der Waals surface area contributed by atoms with E-state index >= 15 is 0 Å². The molecule has 2 atom stereocenters.